The minimum atomic E-state index is 0.0150. The second kappa shape index (κ2) is 5.81. The summed E-state index contributed by atoms with van der Waals surface area (Å²) >= 11 is 0. The zero-order valence-electron chi connectivity index (χ0n) is 12.5. The van der Waals surface area contributed by atoms with Gasteiger partial charge in [-0.2, -0.15) is 0 Å². The molecule has 0 N–H and O–H groups in total. The van der Waals surface area contributed by atoms with Gasteiger partial charge < -0.3 is 4.90 Å². The van der Waals surface area contributed by atoms with Crippen molar-refractivity contribution < 1.29 is 9.42 Å². The van der Waals surface area contributed by atoms with Crippen molar-refractivity contribution in [1.82, 2.24) is 20.1 Å². The van der Waals surface area contributed by atoms with Crippen LogP contribution in [-0.2, 0) is 11.3 Å². The van der Waals surface area contributed by atoms with Crippen LogP contribution in [0.15, 0.2) is 22.8 Å². The molecule has 0 bridgehead atoms. The van der Waals surface area contributed by atoms with E-state index in [-0.39, 0.29) is 11.9 Å². The Morgan fingerprint density at radius 3 is 3.00 bits per heavy atom. The molecule has 0 radical (unpaired) electrons. The molecule has 1 aliphatic rings. The summed E-state index contributed by atoms with van der Waals surface area (Å²) in [4.78, 5) is 16.5. The predicted octanol–water partition coefficient (Wildman–Crippen LogP) is 1.67. The Morgan fingerprint density at radius 2 is 2.19 bits per heavy atom. The molecule has 112 valence electrons. The van der Waals surface area contributed by atoms with E-state index in [1.54, 1.807) is 4.90 Å². The Morgan fingerprint density at radius 1 is 1.38 bits per heavy atom. The maximum Gasteiger partial charge on any atom is 0.239 e. The number of piperidine rings is 1. The Bertz CT molecular complexity index is 639. The fourth-order valence-corrected chi connectivity index (χ4v) is 2.92. The number of nitrogens with zero attached hydrogens (tertiary/aromatic N) is 4. The molecule has 1 aromatic heterocycles. The van der Waals surface area contributed by atoms with E-state index in [1.807, 2.05) is 32.3 Å². The van der Waals surface area contributed by atoms with Crippen LogP contribution in [0.25, 0.3) is 11.0 Å². The molecule has 1 atom stereocenters. The highest BCUT2D eigenvalue weighted by molar-refractivity contribution is 5.82. The average Bonchev–Trinajstić information content (AvgIpc) is 2.94. The lowest BCUT2D eigenvalue weighted by Crippen LogP contribution is -2.47. The number of amides is 1. The molecule has 1 aromatic carbocycles. The highest BCUT2D eigenvalue weighted by Gasteiger charge is 2.28. The van der Waals surface area contributed by atoms with Gasteiger partial charge in [0.2, 0.25) is 5.91 Å². The van der Waals surface area contributed by atoms with E-state index in [0.717, 1.165) is 36.0 Å². The van der Waals surface area contributed by atoms with Crippen LogP contribution in [0.1, 0.15) is 24.8 Å². The first kappa shape index (κ1) is 14.0. The summed E-state index contributed by atoms with van der Waals surface area (Å²) in [7, 11) is 3.89. The molecule has 6 nitrogen and oxygen atoms in total. The molecule has 21 heavy (non-hydrogen) atoms. The van der Waals surface area contributed by atoms with Crippen molar-refractivity contribution in [3.05, 3.63) is 23.8 Å². The summed E-state index contributed by atoms with van der Waals surface area (Å²) in [6.45, 7) is 1.58. The third-order valence-corrected chi connectivity index (χ3v) is 4.17. The minimum absolute atomic E-state index is 0.0150. The number of carbonyl (C=O) groups excluding carboxylic acids is 1. The second-order valence-electron chi connectivity index (χ2n) is 5.77. The topological polar surface area (TPSA) is 62.5 Å². The molecular formula is C15H20N4O2. The molecular weight excluding hydrogens is 268 g/mol. The maximum atomic E-state index is 12.6. The Labute approximate surface area is 123 Å². The molecule has 1 aliphatic heterocycles. The number of likely N-dealkylation sites (N-methyl/N-ethyl adjacent to an activating group) is 2. The number of rotatable bonds is 3. The van der Waals surface area contributed by atoms with Crippen LogP contribution in [-0.4, -0.2) is 52.7 Å². The Hall–Kier alpha value is -1.95. The number of carbonyl (C=O) groups is 1. The number of hydrogen-bond donors (Lipinski definition) is 0. The predicted molar refractivity (Wildman–Crippen MR) is 78.5 cm³/mol. The normalized spacial score (nSPS) is 19.8. The van der Waals surface area contributed by atoms with Gasteiger partial charge in [-0.25, -0.2) is 4.63 Å². The van der Waals surface area contributed by atoms with E-state index in [0.29, 0.717) is 6.54 Å². The van der Waals surface area contributed by atoms with Crippen LogP contribution >= 0.6 is 0 Å². The van der Waals surface area contributed by atoms with E-state index in [9.17, 15) is 4.79 Å². The number of benzene rings is 1. The molecule has 1 amide bonds. The van der Waals surface area contributed by atoms with Gasteiger partial charge in [-0.1, -0.05) is 12.5 Å². The number of fused-ring (bicyclic) bond motifs is 1. The molecule has 0 spiro atoms. The SMILES string of the molecule is CN(Cc1ccc2nonc2c1)C(=O)[C@@H]1CCCCN1C. The quantitative estimate of drug-likeness (QED) is 0.859. The van der Waals surface area contributed by atoms with E-state index in [4.69, 9.17) is 4.63 Å². The monoisotopic (exact) mass is 288 g/mol. The highest BCUT2D eigenvalue weighted by Crippen LogP contribution is 2.18. The van der Waals surface area contributed by atoms with Crippen molar-refractivity contribution in [3.63, 3.8) is 0 Å². The van der Waals surface area contributed by atoms with Crippen LogP contribution in [0, 0.1) is 0 Å². The zero-order valence-corrected chi connectivity index (χ0v) is 12.5. The van der Waals surface area contributed by atoms with Gasteiger partial charge in [-0.15, -0.1) is 0 Å². The number of hydrogen-bond acceptors (Lipinski definition) is 5. The summed E-state index contributed by atoms with van der Waals surface area (Å²) in [5.41, 5.74) is 2.50. The smallest absolute Gasteiger partial charge is 0.239 e. The van der Waals surface area contributed by atoms with Gasteiger partial charge in [0.15, 0.2) is 0 Å². The lowest BCUT2D eigenvalue weighted by Gasteiger charge is -2.34. The fourth-order valence-electron chi connectivity index (χ4n) is 2.92. The van der Waals surface area contributed by atoms with Crippen molar-refractivity contribution in [2.45, 2.75) is 31.8 Å². The van der Waals surface area contributed by atoms with Crippen molar-refractivity contribution >= 4 is 16.9 Å². The first-order valence-electron chi connectivity index (χ1n) is 7.31. The molecule has 0 aliphatic carbocycles. The van der Waals surface area contributed by atoms with Gasteiger partial charge in [0.1, 0.15) is 11.0 Å². The standard InChI is InChI=1S/C15H20N4O2/c1-18-8-4-3-5-14(18)15(20)19(2)10-11-6-7-12-13(9-11)17-21-16-12/h6-7,9,14H,3-5,8,10H2,1-2H3/t14-/m0/s1. The van der Waals surface area contributed by atoms with Crippen LogP contribution in [0.4, 0.5) is 0 Å². The van der Waals surface area contributed by atoms with Crippen LogP contribution < -0.4 is 0 Å². The molecule has 0 unspecified atom stereocenters. The van der Waals surface area contributed by atoms with E-state index in [1.165, 1.54) is 6.42 Å². The zero-order chi connectivity index (χ0) is 14.8. The van der Waals surface area contributed by atoms with E-state index < -0.39 is 0 Å². The molecule has 1 saturated heterocycles. The van der Waals surface area contributed by atoms with Crippen molar-refractivity contribution in [2.24, 2.45) is 0 Å². The van der Waals surface area contributed by atoms with Crippen LogP contribution in [0.2, 0.25) is 0 Å². The summed E-state index contributed by atoms with van der Waals surface area (Å²) in [6, 6.07) is 5.76. The summed E-state index contributed by atoms with van der Waals surface area (Å²) < 4.78 is 4.69. The fraction of sp³-hybridized carbons (Fsp3) is 0.533. The molecule has 2 heterocycles. The van der Waals surface area contributed by atoms with Crippen molar-refractivity contribution in [2.75, 3.05) is 20.6 Å². The van der Waals surface area contributed by atoms with Gasteiger partial charge in [0.05, 0.1) is 6.04 Å². The van der Waals surface area contributed by atoms with E-state index in [2.05, 4.69) is 15.2 Å². The third kappa shape index (κ3) is 2.90. The molecule has 1 fully saturated rings. The molecule has 0 saturated carbocycles. The average molecular weight is 288 g/mol. The van der Waals surface area contributed by atoms with Gasteiger partial charge in [-0.05, 0) is 54.4 Å². The van der Waals surface area contributed by atoms with Crippen LogP contribution in [0.5, 0.6) is 0 Å². The first-order valence-corrected chi connectivity index (χ1v) is 7.31. The lowest BCUT2D eigenvalue weighted by molar-refractivity contribution is -0.136. The maximum absolute atomic E-state index is 12.6. The van der Waals surface area contributed by atoms with E-state index >= 15 is 0 Å². The second-order valence-corrected chi connectivity index (χ2v) is 5.77. The summed E-state index contributed by atoms with van der Waals surface area (Å²) in [6.07, 6.45) is 3.26. The van der Waals surface area contributed by atoms with Crippen LogP contribution in [0.3, 0.4) is 0 Å². The minimum Gasteiger partial charge on any atom is -0.340 e. The van der Waals surface area contributed by atoms with Gasteiger partial charge in [-0.3, -0.25) is 9.69 Å². The summed E-state index contributed by atoms with van der Waals surface area (Å²) in [5.74, 6) is 0.190. The lowest BCUT2D eigenvalue weighted by atomic mass is 10.0. The largest absolute Gasteiger partial charge is 0.340 e. The van der Waals surface area contributed by atoms with Gasteiger partial charge in [0.25, 0.3) is 0 Å². The number of aromatic nitrogens is 2. The highest BCUT2D eigenvalue weighted by atomic mass is 16.6. The van der Waals surface area contributed by atoms with Gasteiger partial charge in [0, 0.05) is 13.6 Å². The van der Waals surface area contributed by atoms with Crippen molar-refractivity contribution in [3.8, 4) is 0 Å². The molecule has 6 heteroatoms. The Kier molecular flexibility index (Phi) is 3.88. The Balaban J connectivity index is 1.69. The van der Waals surface area contributed by atoms with Crippen molar-refractivity contribution in [1.29, 1.82) is 0 Å². The molecule has 2 aromatic rings. The van der Waals surface area contributed by atoms with Gasteiger partial charge >= 0.3 is 0 Å². The summed E-state index contributed by atoms with van der Waals surface area (Å²) in [5, 5.41) is 7.62. The third-order valence-electron chi connectivity index (χ3n) is 4.17. The first-order chi connectivity index (χ1) is 10.1. The molecule has 3 rings (SSSR count). The number of likely N-dealkylation sites (tertiary alicyclic amines) is 1.